The van der Waals surface area contributed by atoms with Gasteiger partial charge in [-0.1, -0.05) is 18.2 Å². The van der Waals surface area contributed by atoms with Gasteiger partial charge in [0, 0.05) is 25.6 Å². The minimum atomic E-state index is -0.121. The van der Waals surface area contributed by atoms with E-state index < -0.39 is 0 Å². The second-order valence-corrected chi connectivity index (χ2v) is 5.71. The number of fused-ring (bicyclic) bond motifs is 1. The fourth-order valence-electron chi connectivity index (χ4n) is 2.83. The smallest absolute Gasteiger partial charge is 0.314 e. The summed E-state index contributed by atoms with van der Waals surface area (Å²) in [6.45, 7) is 2.69. The fraction of sp³-hybridized carbons (Fsp3) is 0.562. The van der Waals surface area contributed by atoms with Gasteiger partial charge in [-0.2, -0.15) is 0 Å². The molecule has 5 heteroatoms. The van der Waals surface area contributed by atoms with Crippen molar-refractivity contribution >= 4 is 6.03 Å². The van der Waals surface area contributed by atoms with Crippen LogP contribution in [0.4, 0.5) is 4.79 Å². The Morgan fingerprint density at radius 2 is 2.10 bits per heavy atom. The molecule has 0 saturated carbocycles. The highest BCUT2D eigenvalue weighted by atomic mass is 16.5. The van der Waals surface area contributed by atoms with Gasteiger partial charge in [-0.25, -0.2) is 4.79 Å². The Morgan fingerprint density at radius 3 is 2.95 bits per heavy atom. The van der Waals surface area contributed by atoms with E-state index >= 15 is 0 Å². The van der Waals surface area contributed by atoms with Gasteiger partial charge >= 0.3 is 6.03 Å². The Balaban J connectivity index is 1.38. The van der Waals surface area contributed by atoms with Gasteiger partial charge in [-0.05, 0) is 30.9 Å². The maximum absolute atomic E-state index is 11.8. The van der Waals surface area contributed by atoms with Crippen LogP contribution in [0.25, 0.3) is 0 Å². The number of carbonyl (C=O) groups excluding carboxylic acids is 1. The van der Waals surface area contributed by atoms with Crippen LogP contribution in [0, 0.1) is 5.92 Å². The van der Waals surface area contributed by atoms with E-state index in [0.29, 0.717) is 25.6 Å². The number of urea groups is 1. The molecule has 0 spiro atoms. The van der Waals surface area contributed by atoms with Crippen LogP contribution < -0.4 is 15.4 Å². The van der Waals surface area contributed by atoms with Crippen molar-refractivity contribution in [3.05, 3.63) is 29.8 Å². The maximum atomic E-state index is 11.8. The number of hydrogen-bond donors (Lipinski definition) is 2. The molecular formula is C16H22N2O3. The summed E-state index contributed by atoms with van der Waals surface area (Å²) < 4.78 is 11.2. The van der Waals surface area contributed by atoms with Crippen molar-refractivity contribution in [2.45, 2.75) is 25.4 Å². The van der Waals surface area contributed by atoms with Crippen LogP contribution >= 0.6 is 0 Å². The van der Waals surface area contributed by atoms with Crippen molar-refractivity contribution in [3.63, 3.8) is 0 Å². The van der Waals surface area contributed by atoms with E-state index in [2.05, 4.69) is 16.7 Å². The van der Waals surface area contributed by atoms with Gasteiger partial charge in [-0.3, -0.25) is 0 Å². The van der Waals surface area contributed by atoms with Gasteiger partial charge in [0.15, 0.2) is 0 Å². The summed E-state index contributed by atoms with van der Waals surface area (Å²) in [7, 11) is 0. The largest absolute Gasteiger partial charge is 0.493 e. The molecule has 2 heterocycles. The predicted molar refractivity (Wildman–Crippen MR) is 79.5 cm³/mol. The molecule has 0 unspecified atom stereocenters. The third-order valence-corrected chi connectivity index (χ3v) is 4.02. The Kier molecular flexibility index (Phi) is 4.60. The van der Waals surface area contributed by atoms with E-state index in [-0.39, 0.29) is 12.1 Å². The number of para-hydroxylation sites is 1. The fourth-order valence-corrected chi connectivity index (χ4v) is 2.83. The molecule has 0 aromatic heterocycles. The number of carbonyl (C=O) groups is 1. The molecule has 21 heavy (non-hydrogen) atoms. The summed E-state index contributed by atoms with van der Waals surface area (Å²) >= 11 is 0. The first-order chi connectivity index (χ1) is 10.3. The molecule has 0 aliphatic carbocycles. The van der Waals surface area contributed by atoms with E-state index in [9.17, 15) is 4.79 Å². The molecule has 2 N–H and O–H groups in total. The zero-order valence-corrected chi connectivity index (χ0v) is 12.1. The lowest BCUT2D eigenvalue weighted by Crippen LogP contribution is -2.43. The zero-order chi connectivity index (χ0) is 14.5. The summed E-state index contributed by atoms with van der Waals surface area (Å²) in [6.07, 6.45) is 3.25. The number of hydrogen-bond acceptors (Lipinski definition) is 3. The molecule has 2 amide bonds. The summed E-state index contributed by atoms with van der Waals surface area (Å²) in [6, 6.07) is 7.96. The molecule has 1 aromatic rings. The predicted octanol–water partition coefficient (Wildman–Crippen LogP) is 1.72. The maximum Gasteiger partial charge on any atom is 0.314 e. The highest BCUT2D eigenvalue weighted by molar-refractivity contribution is 5.73. The minimum Gasteiger partial charge on any atom is -0.493 e. The van der Waals surface area contributed by atoms with Crippen molar-refractivity contribution in [1.82, 2.24) is 10.6 Å². The molecule has 1 aromatic carbocycles. The van der Waals surface area contributed by atoms with E-state index in [1.54, 1.807) is 0 Å². The molecule has 5 nitrogen and oxygen atoms in total. The van der Waals surface area contributed by atoms with Gasteiger partial charge in [0.2, 0.25) is 0 Å². The Bertz CT molecular complexity index is 486. The Labute approximate surface area is 125 Å². The quantitative estimate of drug-likeness (QED) is 0.887. The van der Waals surface area contributed by atoms with Crippen molar-refractivity contribution in [3.8, 4) is 5.75 Å². The zero-order valence-electron chi connectivity index (χ0n) is 12.1. The van der Waals surface area contributed by atoms with Crippen LogP contribution in [-0.4, -0.2) is 38.4 Å². The molecule has 2 aliphatic rings. The summed E-state index contributed by atoms with van der Waals surface area (Å²) in [4.78, 5) is 11.8. The topological polar surface area (TPSA) is 59.6 Å². The first-order valence-electron chi connectivity index (χ1n) is 7.65. The van der Waals surface area contributed by atoms with Crippen LogP contribution in [0.15, 0.2) is 24.3 Å². The van der Waals surface area contributed by atoms with Gasteiger partial charge < -0.3 is 20.1 Å². The Hall–Kier alpha value is -1.75. The van der Waals surface area contributed by atoms with Crippen LogP contribution in [0.1, 0.15) is 18.4 Å². The van der Waals surface area contributed by atoms with Crippen molar-refractivity contribution in [2.24, 2.45) is 5.92 Å². The lowest BCUT2D eigenvalue weighted by Gasteiger charge is -2.25. The third kappa shape index (κ3) is 3.88. The van der Waals surface area contributed by atoms with Crippen LogP contribution in [-0.2, 0) is 11.2 Å². The monoisotopic (exact) mass is 290 g/mol. The molecular weight excluding hydrogens is 268 g/mol. The second-order valence-electron chi connectivity index (χ2n) is 5.71. The molecule has 1 saturated heterocycles. The van der Waals surface area contributed by atoms with Crippen LogP contribution in [0.2, 0.25) is 0 Å². The van der Waals surface area contributed by atoms with E-state index in [0.717, 1.165) is 31.6 Å². The molecule has 3 rings (SSSR count). The SMILES string of the molecule is O=C(NC[C@H]1COc2ccccc2C1)NC[C@@H]1CCCO1. The molecule has 114 valence electrons. The van der Waals surface area contributed by atoms with Gasteiger partial charge in [0.25, 0.3) is 0 Å². The first kappa shape index (κ1) is 14.2. The lowest BCUT2D eigenvalue weighted by molar-refractivity contribution is 0.111. The lowest BCUT2D eigenvalue weighted by atomic mass is 9.97. The highest BCUT2D eigenvalue weighted by Crippen LogP contribution is 2.26. The van der Waals surface area contributed by atoms with Gasteiger partial charge in [0.05, 0.1) is 12.7 Å². The van der Waals surface area contributed by atoms with Crippen molar-refractivity contribution < 1.29 is 14.3 Å². The van der Waals surface area contributed by atoms with E-state index in [4.69, 9.17) is 9.47 Å². The normalized spacial score (nSPS) is 24.0. The molecule has 1 fully saturated rings. The van der Waals surface area contributed by atoms with Crippen LogP contribution in [0.3, 0.4) is 0 Å². The third-order valence-electron chi connectivity index (χ3n) is 4.02. The number of benzene rings is 1. The minimum absolute atomic E-state index is 0.121. The average Bonchev–Trinajstić information content (AvgIpc) is 3.04. The Morgan fingerprint density at radius 1 is 1.24 bits per heavy atom. The van der Waals surface area contributed by atoms with E-state index in [1.165, 1.54) is 5.56 Å². The number of nitrogens with one attached hydrogen (secondary N) is 2. The summed E-state index contributed by atoms with van der Waals surface area (Å²) in [5.74, 6) is 1.30. The molecule has 2 aliphatic heterocycles. The highest BCUT2D eigenvalue weighted by Gasteiger charge is 2.20. The van der Waals surface area contributed by atoms with Crippen LogP contribution in [0.5, 0.6) is 5.75 Å². The molecule has 0 bridgehead atoms. The summed E-state index contributed by atoms with van der Waals surface area (Å²) in [5.41, 5.74) is 1.22. The van der Waals surface area contributed by atoms with Gasteiger partial charge in [0.1, 0.15) is 5.75 Å². The summed E-state index contributed by atoms with van der Waals surface area (Å²) in [5, 5.41) is 5.79. The average molecular weight is 290 g/mol. The standard InChI is InChI=1S/C16H22N2O3/c19-16(18-10-14-5-3-7-20-14)17-9-12-8-13-4-1-2-6-15(13)21-11-12/h1-2,4,6,12,14H,3,5,7-11H2,(H2,17,18,19)/t12-,14-/m0/s1. The number of rotatable bonds is 4. The van der Waals surface area contributed by atoms with Crippen molar-refractivity contribution in [1.29, 1.82) is 0 Å². The second kappa shape index (κ2) is 6.80. The van der Waals surface area contributed by atoms with Gasteiger partial charge in [-0.15, -0.1) is 0 Å². The molecule has 0 radical (unpaired) electrons. The number of ether oxygens (including phenoxy) is 2. The van der Waals surface area contributed by atoms with E-state index in [1.807, 2.05) is 18.2 Å². The number of amides is 2. The molecule has 2 atom stereocenters. The van der Waals surface area contributed by atoms with Crippen molar-refractivity contribution in [2.75, 3.05) is 26.3 Å². The first-order valence-corrected chi connectivity index (χ1v) is 7.65.